The van der Waals surface area contributed by atoms with Gasteiger partial charge in [0.1, 0.15) is 0 Å². The van der Waals surface area contributed by atoms with Crippen LogP contribution in [0, 0.1) is 5.41 Å². The first-order valence-corrected chi connectivity index (χ1v) is 13.0. The maximum absolute atomic E-state index is 13.0. The molecule has 3 aromatic rings. The summed E-state index contributed by atoms with van der Waals surface area (Å²) in [7, 11) is 0. The number of anilines is 3. The minimum absolute atomic E-state index is 0.0154. The molecule has 0 spiro atoms. The number of rotatable bonds is 4. The van der Waals surface area contributed by atoms with Crippen LogP contribution in [-0.4, -0.2) is 56.1 Å². The van der Waals surface area contributed by atoms with E-state index in [1.807, 2.05) is 61.5 Å². The molecule has 190 valence electrons. The van der Waals surface area contributed by atoms with Gasteiger partial charge in [-0.25, -0.2) is 0 Å². The molecule has 6 rings (SSSR count). The van der Waals surface area contributed by atoms with Crippen LogP contribution in [0.5, 0.6) is 0 Å². The summed E-state index contributed by atoms with van der Waals surface area (Å²) in [6, 6.07) is 21.6. The largest absolute Gasteiger partial charge is 0.379 e. The fourth-order valence-electron chi connectivity index (χ4n) is 5.43. The summed E-state index contributed by atoms with van der Waals surface area (Å²) in [6.07, 6.45) is 0. The van der Waals surface area contributed by atoms with Crippen molar-refractivity contribution >= 4 is 40.5 Å². The third kappa shape index (κ3) is 4.37. The standard InChI is InChI=1S/C29H29ClN4O3/c1-29(17-37-18-29)28(36)31-19-10-11-25(23(30)16-19)33-12-14-34(15-13-33)26-20-6-2-3-7-21(20)27(35)32-24-9-5-4-8-22(24)26/h2-11,16,26H,12-15,17-18H2,1H3,(H,31,36)(H,32,35). The zero-order valence-electron chi connectivity index (χ0n) is 20.7. The molecule has 0 aromatic heterocycles. The number of fused-ring (bicyclic) bond motifs is 2. The van der Waals surface area contributed by atoms with E-state index in [-0.39, 0.29) is 17.9 Å². The summed E-state index contributed by atoms with van der Waals surface area (Å²) in [5.41, 5.74) is 4.88. The SMILES string of the molecule is CC1(C(=O)Nc2ccc(N3CCN(C4c5ccccc5NC(=O)c5ccccc54)CC3)c(Cl)c2)COC1. The average Bonchev–Trinajstić information content (AvgIpc) is 3.01. The first-order valence-electron chi connectivity index (χ1n) is 12.6. The molecule has 8 heteroatoms. The van der Waals surface area contributed by atoms with Gasteiger partial charge in [0.25, 0.3) is 5.91 Å². The molecule has 0 bridgehead atoms. The van der Waals surface area contributed by atoms with Gasteiger partial charge in [-0.15, -0.1) is 0 Å². The second kappa shape index (κ2) is 9.49. The monoisotopic (exact) mass is 516 g/mol. The molecular weight excluding hydrogens is 488 g/mol. The van der Waals surface area contributed by atoms with E-state index in [0.29, 0.717) is 29.5 Å². The van der Waals surface area contributed by atoms with Gasteiger partial charge in [0.15, 0.2) is 0 Å². The third-order valence-corrected chi connectivity index (χ3v) is 7.92. The Morgan fingerprint density at radius 1 is 1.00 bits per heavy atom. The van der Waals surface area contributed by atoms with Crippen molar-refractivity contribution in [3.05, 3.63) is 88.4 Å². The molecule has 37 heavy (non-hydrogen) atoms. The number of piperazine rings is 1. The Labute approximate surface area is 221 Å². The minimum atomic E-state index is -0.475. The number of ether oxygens (including phenoxy) is 1. The van der Waals surface area contributed by atoms with Crippen LogP contribution >= 0.6 is 11.6 Å². The van der Waals surface area contributed by atoms with Gasteiger partial charge in [0.2, 0.25) is 5.91 Å². The molecule has 0 aliphatic carbocycles. The molecule has 2 saturated heterocycles. The molecule has 3 heterocycles. The molecule has 2 amide bonds. The highest BCUT2D eigenvalue weighted by molar-refractivity contribution is 6.33. The van der Waals surface area contributed by atoms with E-state index in [1.165, 1.54) is 0 Å². The van der Waals surface area contributed by atoms with Crippen LogP contribution in [-0.2, 0) is 9.53 Å². The quantitative estimate of drug-likeness (QED) is 0.521. The number of carbonyl (C=O) groups excluding carboxylic acids is 2. The first-order chi connectivity index (χ1) is 17.9. The zero-order chi connectivity index (χ0) is 25.6. The van der Waals surface area contributed by atoms with Crippen LogP contribution in [0.4, 0.5) is 17.1 Å². The number of nitrogens with zero attached hydrogens (tertiary/aromatic N) is 2. The van der Waals surface area contributed by atoms with Gasteiger partial charge in [-0.3, -0.25) is 14.5 Å². The van der Waals surface area contributed by atoms with Crippen molar-refractivity contribution in [2.75, 3.05) is 54.9 Å². The molecule has 1 unspecified atom stereocenters. The number of nitrogens with one attached hydrogen (secondary N) is 2. The number of para-hydroxylation sites is 1. The molecule has 7 nitrogen and oxygen atoms in total. The molecule has 0 radical (unpaired) electrons. The fraction of sp³-hybridized carbons (Fsp3) is 0.310. The van der Waals surface area contributed by atoms with Crippen molar-refractivity contribution < 1.29 is 14.3 Å². The van der Waals surface area contributed by atoms with Crippen molar-refractivity contribution in [1.82, 2.24) is 4.90 Å². The van der Waals surface area contributed by atoms with E-state index < -0.39 is 5.41 Å². The van der Waals surface area contributed by atoms with E-state index in [0.717, 1.165) is 48.7 Å². The van der Waals surface area contributed by atoms with Crippen LogP contribution in [0.15, 0.2) is 66.7 Å². The highest BCUT2D eigenvalue weighted by Gasteiger charge is 2.41. The lowest BCUT2D eigenvalue weighted by Gasteiger charge is -2.41. The van der Waals surface area contributed by atoms with Gasteiger partial charge in [0.05, 0.1) is 35.4 Å². The number of halogens is 1. The van der Waals surface area contributed by atoms with Gasteiger partial charge in [0, 0.05) is 43.1 Å². The molecule has 3 aliphatic heterocycles. The summed E-state index contributed by atoms with van der Waals surface area (Å²) in [4.78, 5) is 30.2. The lowest BCUT2D eigenvalue weighted by atomic mass is 9.87. The Balaban J connectivity index is 1.20. The first kappa shape index (κ1) is 24.0. The van der Waals surface area contributed by atoms with Gasteiger partial charge in [-0.05, 0) is 48.4 Å². The smallest absolute Gasteiger partial charge is 0.256 e. The van der Waals surface area contributed by atoms with Crippen molar-refractivity contribution in [1.29, 1.82) is 0 Å². The van der Waals surface area contributed by atoms with Gasteiger partial charge in [-0.1, -0.05) is 48.0 Å². The average molecular weight is 517 g/mol. The van der Waals surface area contributed by atoms with E-state index in [9.17, 15) is 9.59 Å². The van der Waals surface area contributed by atoms with Crippen LogP contribution in [0.1, 0.15) is 34.5 Å². The van der Waals surface area contributed by atoms with E-state index in [4.69, 9.17) is 16.3 Å². The Kier molecular flexibility index (Phi) is 6.15. The summed E-state index contributed by atoms with van der Waals surface area (Å²) in [5, 5.41) is 6.68. The highest BCUT2D eigenvalue weighted by Crippen LogP contribution is 2.39. The summed E-state index contributed by atoms with van der Waals surface area (Å²) in [6.45, 7) is 6.00. The number of hydrogen-bond donors (Lipinski definition) is 2. The van der Waals surface area contributed by atoms with Gasteiger partial charge < -0.3 is 20.3 Å². The van der Waals surface area contributed by atoms with E-state index >= 15 is 0 Å². The normalized spacial score (nSPS) is 20.6. The Bertz CT molecular complexity index is 1360. The minimum Gasteiger partial charge on any atom is -0.379 e. The summed E-state index contributed by atoms with van der Waals surface area (Å²) in [5.74, 6) is -0.116. The molecule has 3 aliphatic rings. The second-order valence-electron chi connectivity index (χ2n) is 10.2. The lowest BCUT2D eigenvalue weighted by molar-refractivity contribution is -0.151. The van der Waals surface area contributed by atoms with E-state index in [1.54, 1.807) is 0 Å². The Hall–Kier alpha value is -3.39. The lowest BCUT2D eigenvalue weighted by Crippen LogP contribution is -2.49. The van der Waals surface area contributed by atoms with Crippen LogP contribution < -0.4 is 15.5 Å². The molecule has 3 aromatic carbocycles. The summed E-state index contributed by atoms with van der Waals surface area (Å²) < 4.78 is 5.20. The maximum atomic E-state index is 13.0. The van der Waals surface area contributed by atoms with Crippen LogP contribution in [0.25, 0.3) is 0 Å². The zero-order valence-corrected chi connectivity index (χ0v) is 21.4. The number of carbonyl (C=O) groups is 2. The van der Waals surface area contributed by atoms with Crippen LogP contribution in [0.2, 0.25) is 5.02 Å². The highest BCUT2D eigenvalue weighted by atomic mass is 35.5. The number of benzene rings is 3. The van der Waals surface area contributed by atoms with Crippen molar-refractivity contribution in [2.24, 2.45) is 5.41 Å². The van der Waals surface area contributed by atoms with Crippen molar-refractivity contribution in [3.63, 3.8) is 0 Å². The van der Waals surface area contributed by atoms with Gasteiger partial charge in [-0.2, -0.15) is 0 Å². The molecule has 2 N–H and O–H groups in total. The topological polar surface area (TPSA) is 73.9 Å². The predicted octanol–water partition coefficient (Wildman–Crippen LogP) is 4.79. The van der Waals surface area contributed by atoms with Gasteiger partial charge >= 0.3 is 0 Å². The molecule has 1 atom stereocenters. The maximum Gasteiger partial charge on any atom is 0.256 e. The predicted molar refractivity (Wildman–Crippen MR) is 145 cm³/mol. The molecule has 2 fully saturated rings. The third-order valence-electron chi connectivity index (χ3n) is 7.62. The molecule has 0 saturated carbocycles. The second-order valence-corrected chi connectivity index (χ2v) is 10.6. The number of hydrogen-bond acceptors (Lipinski definition) is 5. The Morgan fingerprint density at radius 2 is 1.70 bits per heavy atom. The summed E-state index contributed by atoms with van der Waals surface area (Å²) >= 11 is 6.69. The fourth-order valence-corrected chi connectivity index (χ4v) is 5.73. The van der Waals surface area contributed by atoms with Crippen molar-refractivity contribution in [3.8, 4) is 0 Å². The Morgan fingerprint density at radius 3 is 2.41 bits per heavy atom. The molecular formula is C29H29ClN4O3. The number of amides is 2. The van der Waals surface area contributed by atoms with Crippen LogP contribution in [0.3, 0.4) is 0 Å². The van der Waals surface area contributed by atoms with E-state index in [2.05, 4.69) is 32.6 Å². The van der Waals surface area contributed by atoms with Crippen molar-refractivity contribution in [2.45, 2.75) is 13.0 Å².